The van der Waals surface area contributed by atoms with Crippen LogP contribution in [0.4, 0.5) is 11.8 Å². The van der Waals surface area contributed by atoms with E-state index in [0.29, 0.717) is 5.39 Å². The molecule has 0 radical (unpaired) electrons. The Morgan fingerprint density at radius 3 is 2.36 bits per heavy atom. The lowest BCUT2D eigenvalue weighted by Crippen LogP contribution is -2.48. The second-order valence-electron chi connectivity index (χ2n) is 8.28. The molecule has 1 aliphatic rings. The summed E-state index contributed by atoms with van der Waals surface area (Å²) in [5.74, 6) is 1.68. The van der Waals surface area contributed by atoms with Crippen LogP contribution in [0.3, 0.4) is 0 Å². The van der Waals surface area contributed by atoms with Gasteiger partial charge in [0, 0.05) is 44.7 Å². The fourth-order valence-corrected chi connectivity index (χ4v) is 3.55. The summed E-state index contributed by atoms with van der Waals surface area (Å²) in [7, 11) is 1.80. The lowest BCUT2D eigenvalue weighted by atomic mass is 9.92. The van der Waals surface area contributed by atoms with E-state index in [9.17, 15) is 4.79 Å². The molecular formula is C21H26N6O. The Labute approximate surface area is 164 Å². The van der Waals surface area contributed by atoms with E-state index in [2.05, 4.69) is 46.6 Å². The van der Waals surface area contributed by atoms with Crippen molar-refractivity contribution in [3.63, 3.8) is 0 Å². The molecule has 7 heteroatoms. The van der Waals surface area contributed by atoms with Gasteiger partial charge in [-0.25, -0.2) is 15.0 Å². The molecule has 0 bridgehead atoms. The predicted molar refractivity (Wildman–Crippen MR) is 112 cm³/mol. The smallest absolute Gasteiger partial charge is 0.262 e. The van der Waals surface area contributed by atoms with Crippen LogP contribution in [0.15, 0.2) is 41.5 Å². The number of para-hydroxylation sites is 1. The number of nitrogens with zero attached hydrogens (tertiary/aromatic N) is 6. The van der Waals surface area contributed by atoms with Crippen LogP contribution in [0.25, 0.3) is 10.9 Å². The third-order valence-corrected chi connectivity index (χ3v) is 5.27. The van der Waals surface area contributed by atoms with Crippen molar-refractivity contribution in [3.05, 3.63) is 52.7 Å². The van der Waals surface area contributed by atoms with Gasteiger partial charge in [0.1, 0.15) is 12.1 Å². The maximum Gasteiger partial charge on any atom is 0.262 e. The van der Waals surface area contributed by atoms with Gasteiger partial charge < -0.3 is 9.80 Å². The van der Waals surface area contributed by atoms with Crippen molar-refractivity contribution in [1.29, 1.82) is 0 Å². The normalized spacial score (nSPS) is 15.3. The van der Waals surface area contributed by atoms with E-state index < -0.39 is 0 Å². The first-order chi connectivity index (χ1) is 13.3. The highest BCUT2D eigenvalue weighted by atomic mass is 16.1. The number of hydrogen-bond acceptors (Lipinski definition) is 6. The molecule has 1 aliphatic heterocycles. The maximum absolute atomic E-state index is 12.7. The zero-order valence-corrected chi connectivity index (χ0v) is 16.9. The molecule has 7 nitrogen and oxygen atoms in total. The summed E-state index contributed by atoms with van der Waals surface area (Å²) in [6, 6.07) is 9.59. The number of anilines is 2. The van der Waals surface area contributed by atoms with E-state index in [1.165, 1.54) is 0 Å². The summed E-state index contributed by atoms with van der Waals surface area (Å²) in [5, 5.41) is 0.656. The van der Waals surface area contributed by atoms with Gasteiger partial charge in [-0.3, -0.25) is 9.36 Å². The number of piperazine rings is 1. The minimum Gasteiger partial charge on any atom is -0.353 e. The van der Waals surface area contributed by atoms with E-state index in [1.807, 2.05) is 24.3 Å². The molecule has 1 fully saturated rings. The molecule has 0 spiro atoms. The van der Waals surface area contributed by atoms with Gasteiger partial charge in [0.25, 0.3) is 5.56 Å². The topological polar surface area (TPSA) is 67.2 Å². The average molecular weight is 378 g/mol. The molecule has 4 rings (SSSR count). The number of aromatic nitrogens is 4. The van der Waals surface area contributed by atoms with Gasteiger partial charge in [0.2, 0.25) is 5.95 Å². The fourth-order valence-electron chi connectivity index (χ4n) is 3.55. The van der Waals surface area contributed by atoms with Gasteiger partial charge >= 0.3 is 0 Å². The molecule has 2 aromatic heterocycles. The summed E-state index contributed by atoms with van der Waals surface area (Å²) in [6.07, 6.45) is 1.65. The molecule has 0 unspecified atom stereocenters. The second kappa shape index (κ2) is 6.89. The quantitative estimate of drug-likeness (QED) is 0.682. The number of benzene rings is 1. The molecule has 0 atom stereocenters. The van der Waals surface area contributed by atoms with E-state index in [4.69, 9.17) is 4.98 Å². The molecule has 0 N–H and O–H groups in total. The van der Waals surface area contributed by atoms with E-state index >= 15 is 0 Å². The van der Waals surface area contributed by atoms with Crippen molar-refractivity contribution >= 4 is 22.7 Å². The molecule has 1 aromatic carbocycles. The summed E-state index contributed by atoms with van der Waals surface area (Å²) >= 11 is 0. The van der Waals surface area contributed by atoms with Gasteiger partial charge in [0.05, 0.1) is 16.6 Å². The molecule has 28 heavy (non-hydrogen) atoms. The molecular weight excluding hydrogens is 352 g/mol. The van der Waals surface area contributed by atoms with Crippen LogP contribution >= 0.6 is 0 Å². The van der Waals surface area contributed by atoms with Crippen molar-refractivity contribution in [2.24, 2.45) is 7.05 Å². The molecule has 3 heterocycles. The van der Waals surface area contributed by atoms with Crippen LogP contribution in [0.2, 0.25) is 0 Å². The van der Waals surface area contributed by atoms with Crippen molar-refractivity contribution in [2.45, 2.75) is 26.2 Å². The Morgan fingerprint density at radius 2 is 1.64 bits per heavy atom. The third-order valence-electron chi connectivity index (χ3n) is 5.27. The highest BCUT2D eigenvalue weighted by molar-refractivity contribution is 5.78. The minimum atomic E-state index is -0.00714. The zero-order valence-electron chi connectivity index (χ0n) is 16.9. The van der Waals surface area contributed by atoms with Gasteiger partial charge in [-0.05, 0) is 12.1 Å². The molecule has 0 saturated carbocycles. The van der Waals surface area contributed by atoms with Gasteiger partial charge in [-0.1, -0.05) is 32.9 Å². The Bertz CT molecular complexity index is 1060. The third kappa shape index (κ3) is 3.32. The van der Waals surface area contributed by atoms with Gasteiger partial charge in [0.15, 0.2) is 0 Å². The zero-order chi connectivity index (χ0) is 19.9. The Morgan fingerprint density at radius 1 is 0.964 bits per heavy atom. The summed E-state index contributed by atoms with van der Waals surface area (Å²) in [5.41, 5.74) is 1.77. The van der Waals surface area contributed by atoms with Gasteiger partial charge in [-0.15, -0.1) is 0 Å². The first-order valence-electron chi connectivity index (χ1n) is 9.63. The first-order valence-corrected chi connectivity index (χ1v) is 9.63. The Kier molecular flexibility index (Phi) is 4.53. The predicted octanol–water partition coefficient (Wildman–Crippen LogP) is 2.35. The Balaban J connectivity index is 1.56. The largest absolute Gasteiger partial charge is 0.353 e. The highest BCUT2D eigenvalue weighted by Crippen LogP contribution is 2.24. The van der Waals surface area contributed by atoms with Crippen LogP contribution < -0.4 is 15.4 Å². The van der Waals surface area contributed by atoms with E-state index in [0.717, 1.165) is 49.2 Å². The summed E-state index contributed by atoms with van der Waals surface area (Å²) in [4.78, 5) is 30.8. The van der Waals surface area contributed by atoms with Gasteiger partial charge in [-0.2, -0.15) is 0 Å². The summed E-state index contributed by atoms with van der Waals surface area (Å²) in [6.45, 7) is 9.68. The van der Waals surface area contributed by atoms with Crippen molar-refractivity contribution in [3.8, 4) is 0 Å². The molecule has 0 aliphatic carbocycles. The fraction of sp³-hybridized carbons (Fsp3) is 0.429. The standard InChI is InChI=1S/C21H26N6O/c1-21(2,3)17-13-18(23-14-22-17)26-9-11-27(12-10-26)20-24-16-8-6-5-7-15(16)19(28)25(20)4/h5-8,13-14H,9-12H2,1-4H3. The minimum absolute atomic E-state index is 0.00588. The van der Waals surface area contributed by atoms with E-state index in [1.54, 1.807) is 17.9 Å². The van der Waals surface area contributed by atoms with E-state index in [-0.39, 0.29) is 11.0 Å². The second-order valence-corrected chi connectivity index (χ2v) is 8.28. The van der Waals surface area contributed by atoms with Crippen LogP contribution in [0.1, 0.15) is 26.5 Å². The monoisotopic (exact) mass is 378 g/mol. The summed E-state index contributed by atoms with van der Waals surface area (Å²) < 4.78 is 1.65. The molecule has 3 aromatic rings. The number of fused-ring (bicyclic) bond motifs is 1. The number of hydrogen-bond donors (Lipinski definition) is 0. The van der Waals surface area contributed by atoms with Crippen LogP contribution in [0.5, 0.6) is 0 Å². The Hall–Kier alpha value is -2.96. The number of rotatable bonds is 2. The highest BCUT2D eigenvalue weighted by Gasteiger charge is 2.23. The first kappa shape index (κ1) is 18.4. The molecule has 1 saturated heterocycles. The van der Waals surface area contributed by atoms with Crippen LogP contribution in [0, 0.1) is 0 Å². The average Bonchev–Trinajstić information content (AvgIpc) is 2.70. The lowest BCUT2D eigenvalue weighted by molar-refractivity contribution is 0.564. The van der Waals surface area contributed by atoms with Crippen molar-refractivity contribution in [2.75, 3.05) is 36.0 Å². The van der Waals surface area contributed by atoms with Crippen LogP contribution in [-0.2, 0) is 12.5 Å². The maximum atomic E-state index is 12.7. The SMILES string of the molecule is Cn1c(N2CCN(c3cc(C(C)(C)C)ncn3)CC2)nc2ccccc2c1=O. The van der Waals surface area contributed by atoms with Crippen LogP contribution in [-0.4, -0.2) is 45.7 Å². The van der Waals surface area contributed by atoms with Crippen molar-refractivity contribution < 1.29 is 0 Å². The molecule has 0 amide bonds. The van der Waals surface area contributed by atoms with Crippen molar-refractivity contribution in [1.82, 2.24) is 19.5 Å². The lowest BCUT2D eigenvalue weighted by Gasteiger charge is -2.36. The molecule has 146 valence electrons.